The smallest absolute Gasteiger partial charge is 0.408 e. The van der Waals surface area contributed by atoms with Gasteiger partial charge in [0.1, 0.15) is 17.7 Å². The fraction of sp³-hybridized carbons (Fsp3) is 0.368. The Bertz CT molecular complexity index is 1910. The molecule has 51 heavy (non-hydrogen) atoms. The molecule has 1 amide bonds. The summed E-state index contributed by atoms with van der Waals surface area (Å²) in [4.78, 5) is 22.0. The van der Waals surface area contributed by atoms with Crippen LogP contribution < -0.4 is 31.2 Å². The Morgan fingerprint density at radius 1 is 0.902 bits per heavy atom. The number of carbonyl (C=O) groups excluding carboxylic acids is 1. The maximum absolute atomic E-state index is 12.3. The van der Waals surface area contributed by atoms with Crippen LogP contribution in [-0.4, -0.2) is 64.0 Å². The number of nitrogens with one attached hydrogen (secondary N) is 3. The first-order chi connectivity index (χ1) is 24.7. The molecule has 0 aliphatic carbocycles. The molecule has 0 spiro atoms. The summed E-state index contributed by atoms with van der Waals surface area (Å²) in [6.45, 7) is 5.62. The monoisotopic (exact) mass is 696 g/mol. The van der Waals surface area contributed by atoms with Crippen LogP contribution in [0.2, 0.25) is 0 Å². The van der Waals surface area contributed by atoms with Crippen LogP contribution in [0.15, 0.2) is 73.2 Å². The van der Waals surface area contributed by atoms with Crippen molar-refractivity contribution >= 4 is 34.2 Å². The van der Waals surface area contributed by atoms with Crippen LogP contribution >= 0.6 is 0 Å². The van der Waals surface area contributed by atoms with E-state index in [1.807, 2.05) is 72.4 Å². The van der Waals surface area contributed by atoms with Crippen LogP contribution in [0.25, 0.3) is 33.4 Å². The lowest BCUT2D eigenvalue weighted by atomic mass is 10.0. The van der Waals surface area contributed by atoms with Gasteiger partial charge in [0, 0.05) is 36.1 Å². The number of fused-ring (bicyclic) bond motifs is 1. The molecule has 0 saturated carbocycles. The highest BCUT2D eigenvalue weighted by Gasteiger charge is 2.19. The van der Waals surface area contributed by atoms with Gasteiger partial charge in [-0.25, -0.2) is 14.5 Å². The normalized spacial score (nSPS) is 12.4. The second-order valence-corrected chi connectivity index (χ2v) is 12.6. The summed E-state index contributed by atoms with van der Waals surface area (Å²) in [7, 11) is 3.19. The summed E-state index contributed by atoms with van der Waals surface area (Å²) in [6.07, 6.45) is 8.74. The third-order valence-corrected chi connectivity index (χ3v) is 8.30. The van der Waals surface area contributed by atoms with Crippen molar-refractivity contribution in [3.63, 3.8) is 0 Å². The van der Waals surface area contributed by atoms with Crippen LogP contribution in [0.1, 0.15) is 59.0 Å². The van der Waals surface area contributed by atoms with Crippen molar-refractivity contribution in [1.29, 1.82) is 0 Å². The molecule has 13 heteroatoms. The minimum absolute atomic E-state index is 0.130. The number of aliphatic hydroxyl groups is 1. The Balaban J connectivity index is 1.41. The molecule has 5 aromatic rings. The molecule has 3 aromatic carbocycles. The lowest BCUT2D eigenvalue weighted by Gasteiger charge is -2.22. The van der Waals surface area contributed by atoms with Gasteiger partial charge < -0.3 is 41.0 Å². The number of ether oxygens (including phenoxy) is 3. The van der Waals surface area contributed by atoms with E-state index in [0.29, 0.717) is 39.6 Å². The molecule has 2 unspecified atom stereocenters. The standard InChI is InChI=1S/C38H48N8O5/c1-24(2)51-38(48)43-25(3)42-33-19-28(49-4)20-35(50-5)37(33)26-15-16-31-32(18-26)40-22-34(44-31)27-21-41-46(23-27)36(14-8-6-7-11-17-47)45-30-13-10-9-12-29(30)39/h9-10,12-13,15-16,18-25,36,42,45,47H,6-8,11,14,17,39H2,1-5H3,(H,43,48). The van der Waals surface area contributed by atoms with Gasteiger partial charge in [-0.05, 0) is 69.9 Å². The Labute approximate surface area is 298 Å². The Hall–Kier alpha value is -5.56. The summed E-state index contributed by atoms with van der Waals surface area (Å²) in [5.41, 5.74) is 13.0. The number of rotatable bonds is 17. The van der Waals surface area contributed by atoms with Crippen molar-refractivity contribution in [1.82, 2.24) is 25.1 Å². The number of benzene rings is 3. The van der Waals surface area contributed by atoms with E-state index in [2.05, 4.69) is 16.0 Å². The van der Waals surface area contributed by atoms with Crippen LogP contribution in [-0.2, 0) is 4.74 Å². The number of amides is 1. The summed E-state index contributed by atoms with van der Waals surface area (Å²) in [6, 6.07) is 17.2. The molecule has 6 N–H and O–H groups in total. The lowest BCUT2D eigenvalue weighted by Crippen LogP contribution is -2.39. The fourth-order valence-electron chi connectivity index (χ4n) is 5.80. The number of alkyl carbamates (subject to hydrolysis) is 1. The zero-order valence-corrected chi connectivity index (χ0v) is 29.8. The van der Waals surface area contributed by atoms with E-state index in [1.54, 1.807) is 40.5 Å². The maximum atomic E-state index is 12.3. The third-order valence-electron chi connectivity index (χ3n) is 8.30. The van der Waals surface area contributed by atoms with Crippen molar-refractivity contribution < 1.29 is 24.1 Å². The van der Waals surface area contributed by atoms with Gasteiger partial charge >= 0.3 is 6.09 Å². The first kappa shape index (κ1) is 36.7. The molecule has 0 aliphatic rings. The predicted molar refractivity (Wildman–Crippen MR) is 201 cm³/mol. The van der Waals surface area contributed by atoms with E-state index in [1.165, 1.54) is 0 Å². The largest absolute Gasteiger partial charge is 0.497 e. The highest BCUT2D eigenvalue weighted by atomic mass is 16.6. The number of hydrogen-bond acceptors (Lipinski definition) is 11. The number of carbonyl (C=O) groups is 1. The summed E-state index contributed by atoms with van der Waals surface area (Å²) in [5, 5.41) is 23.6. The lowest BCUT2D eigenvalue weighted by molar-refractivity contribution is 0.113. The zero-order chi connectivity index (χ0) is 36.3. The Kier molecular flexibility index (Phi) is 12.5. The fourth-order valence-corrected chi connectivity index (χ4v) is 5.80. The summed E-state index contributed by atoms with van der Waals surface area (Å²) in [5.74, 6) is 1.17. The van der Waals surface area contributed by atoms with Gasteiger partial charge in [0.15, 0.2) is 0 Å². The second-order valence-electron chi connectivity index (χ2n) is 12.6. The first-order valence-corrected chi connectivity index (χ1v) is 17.2. The number of nitrogens with zero attached hydrogens (tertiary/aromatic N) is 4. The van der Waals surface area contributed by atoms with Gasteiger partial charge in [0.25, 0.3) is 0 Å². The van der Waals surface area contributed by atoms with Gasteiger partial charge in [-0.15, -0.1) is 0 Å². The topological polar surface area (TPSA) is 171 Å². The van der Waals surface area contributed by atoms with Crippen LogP contribution in [0.3, 0.4) is 0 Å². The number of anilines is 3. The highest BCUT2D eigenvalue weighted by Crippen LogP contribution is 2.41. The van der Waals surface area contributed by atoms with E-state index in [9.17, 15) is 4.79 Å². The quantitative estimate of drug-likeness (QED) is 0.0378. The van der Waals surface area contributed by atoms with Crippen molar-refractivity contribution in [2.45, 2.75) is 71.3 Å². The number of aromatic nitrogens is 4. The molecular weight excluding hydrogens is 648 g/mol. The number of nitrogen functional groups attached to an aromatic ring is 1. The maximum Gasteiger partial charge on any atom is 0.408 e. The van der Waals surface area contributed by atoms with Gasteiger partial charge in [-0.3, -0.25) is 4.98 Å². The van der Waals surface area contributed by atoms with Gasteiger partial charge in [-0.2, -0.15) is 5.10 Å². The van der Waals surface area contributed by atoms with E-state index in [4.69, 9.17) is 40.1 Å². The average Bonchev–Trinajstić information content (AvgIpc) is 3.61. The van der Waals surface area contributed by atoms with E-state index >= 15 is 0 Å². The molecule has 0 saturated heterocycles. The number of para-hydroxylation sites is 2. The number of nitrogens with two attached hydrogens (primary N) is 1. The summed E-state index contributed by atoms with van der Waals surface area (Å²) < 4.78 is 18.5. The van der Waals surface area contributed by atoms with Gasteiger partial charge in [0.05, 0.1) is 72.7 Å². The molecule has 2 heterocycles. The predicted octanol–water partition coefficient (Wildman–Crippen LogP) is 7.21. The number of aliphatic hydroxyl groups excluding tert-OH is 1. The molecule has 270 valence electrons. The van der Waals surface area contributed by atoms with Crippen molar-refractivity contribution in [3.05, 3.63) is 73.2 Å². The van der Waals surface area contributed by atoms with E-state index < -0.39 is 12.3 Å². The number of unbranched alkanes of at least 4 members (excludes halogenated alkanes) is 3. The molecule has 0 fully saturated rings. The number of methoxy groups -OCH3 is 2. The van der Waals surface area contributed by atoms with Crippen LogP contribution in [0.5, 0.6) is 11.5 Å². The van der Waals surface area contributed by atoms with Crippen molar-refractivity contribution in [2.24, 2.45) is 0 Å². The number of hydrogen-bond donors (Lipinski definition) is 5. The van der Waals surface area contributed by atoms with Crippen LogP contribution in [0, 0.1) is 0 Å². The molecule has 2 atom stereocenters. The molecular formula is C38H48N8O5. The average molecular weight is 697 g/mol. The van der Waals surface area contributed by atoms with Crippen molar-refractivity contribution in [3.8, 4) is 33.9 Å². The third kappa shape index (κ3) is 9.57. The molecule has 13 nitrogen and oxygen atoms in total. The molecule has 0 radical (unpaired) electrons. The molecule has 0 bridgehead atoms. The zero-order valence-electron chi connectivity index (χ0n) is 29.8. The van der Waals surface area contributed by atoms with Gasteiger partial charge in [-0.1, -0.05) is 31.0 Å². The van der Waals surface area contributed by atoms with Crippen LogP contribution in [0.4, 0.5) is 21.9 Å². The van der Waals surface area contributed by atoms with Crippen molar-refractivity contribution in [2.75, 3.05) is 37.2 Å². The SMILES string of the molecule is COc1cc(NC(C)NC(=O)OC(C)C)c(-c2ccc3nc(-c4cnn(C(CCCCCCO)Nc5ccccc5N)c4)cnc3c2)c(OC)c1. The van der Waals surface area contributed by atoms with E-state index in [0.717, 1.165) is 54.5 Å². The minimum atomic E-state index is -0.523. The molecule has 0 aliphatic heterocycles. The Morgan fingerprint density at radius 3 is 2.45 bits per heavy atom. The molecule has 5 rings (SSSR count). The summed E-state index contributed by atoms with van der Waals surface area (Å²) >= 11 is 0. The van der Waals surface area contributed by atoms with E-state index in [-0.39, 0.29) is 18.9 Å². The molecule has 2 aromatic heterocycles. The first-order valence-electron chi connectivity index (χ1n) is 17.2. The second kappa shape index (κ2) is 17.4. The Morgan fingerprint density at radius 2 is 1.71 bits per heavy atom. The highest BCUT2D eigenvalue weighted by molar-refractivity contribution is 5.90. The minimum Gasteiger partial charge on any atom is -0.497 e. The van der Waals surface area contributed by atoms with Gasteiger partial charge in [0.2, 0.25) is 0 Å².